The number of guanidine groups is 1. The Bertz CT molecular complexity index is 680. The molecule has 0 aromatic heterocycles. The topological polar surface area (TPSA) is 54.4 Å². The molecule has 1 aromatic rings. The molecule has 0 N–H and O–H groups in total. The Hall–Kier alpha value is -2.15. The van der Waals surface area contributed by atoms with Crippen LogP contribution in [0.3, 0.4) is 0 Å². The third kappa shape index (κ3) is 3.82. The zero-order chi connectivity index (χ0) is 19.4. The first-order valence-corrected chi connectivity index (χ1v) is 8.81. The number of aliphatic imine (C=N–C) groups is 1. The molecule has 1 aliphatic heterocycles. The van der Waals surface area contributed by atoms with Gasteiger partial charge in [-0.05, 0) is 26.8 Å². The van der Waals surface area contributed by atoms with Crippen molar-refractivity contribution in [1.29, 1.82) is 0 Å². The Kier molecular flexibility index (Phi) is 6.58. The lowest BCUT2D eigenvalue weighted by Gasteiger charge is -2.45. The van der Waals surface area contributed by atoms with Gasteiger partial charge in [0.2, 0.25) is 5.96 Å². The molecular weight excluding hydrogens is 337 g/mol. The highest BCUT2D eigenvalue weighted by molar-refractivity contribution is 5.87. The number of nitrogens with zero attached hydrogens (tertiary/aromatic N) is 3. The lowest BCUT2D eigenvalue weighted by atomic mass is 9.95. The fraction of sp³-hybridized carbons (Fsp3) is 0.579. The molecule has 0 bridgehead atoms. The average Bonchev–Trinajstić information content (AvgIpc) is 2.66. The number of methoxy groups -OCH3 is 2. The lowest BCUT2D eigenvalue weighted by Crippen LogP contribution is -2.53. The van der Waals surface area contributed by atoms with Crippen LogP contribution in [0.25, 0.3) is 0 Å². The molecule has 3 unspecified atom stereocenters. The fourth-order valence-electron chi connectivity index (χ4n) is 3.13. The molecule has 0 spiro atoms. The van der Waals surface area contributed by atoms with Crippen LogP contribution in [0, 0.1) is 5.82 Å². The molecule has 1 aliphatic rings. The quantitative estimate of drug-likeness (QED) is 0.725. The molecule has 26 heavy (non-hydrogen) atoms. The molecule has 0 amide bonds. The Morgan fingerprint density at radius 1 is 1.38 bits per heavy atom. The molecule has 0 fully saturated rings. The number of benzene rings is 1. The van der Waals surface area contributed by atoms with Gasteiger partial charge in [0.25, 0.3) is 0 Å². The van der Waals surface area contributed by atoms with Crippen LogP contribution in [0.1, 0.15) is 38.8 Å². The van der Waals surface area contributed by atoms with Gasteiger partial charge in [-0.25, -0.2) is 9.38 Å². The second-order valence-electron chi connectivity index (χ2n) is 6.49. The molecule has 0 aliphatic carbocycles. The molecule has 1 aromatic carbocycles. The van der Waals surface area contributed by atoms with Gasteiger partial charge in [-0.3, -0.25) is 4.79 Å². The standard InChI is InChI=1S/C19H28FN3O3/c1-7-22(4)19-21-18-14(9-8-10-15(18)20)16(11-17(24)26-6)23(19)12(2)13(3)25-5/h8-10,12-13,16H,7,11H2,1-6H3. The molecule has 3 atom stereocenters. The molecule has 1 heterocycles. The largest absolute Gasteiger partial charge is 0.469 e. The summed E-state index contributed by atoms with van der Waals surface area (Å²) < 4.78 is 24.9. The van der Waals surface area contributed by atoms with Gasteiger partial charge in [0, 0.05) is 26.3 Å². The first-order valence-electron chi connectivity index (χ1n) is 8.81. The second-order valence-corrected chi connectivity index (χ2v) is 6.49. The van der Waals surface area contributed by atoms with Crippen molar-refractivity contribution in [3.63, 3.8) is 0 Å². The number of carbonyl (C=O) groups is 1. The van der Waals surface area contributed by atoms with E-state index in [2.05, 4.69) is 4.99 Å². The van der Waals surface area contributed by atoms with Crippen molar-refractivity contribution in [2.24, 2.45) is 4.99 Å². The van der Waals surface area contributed by atoms with Gasteiger partial charge in [-0.15, -0.1) is 0 Å². The Morgan fingerprint density at radius 2 is 2.08 bits per heavy atom. The van der Waals surface area contributed by atoms with E-state index in [0.29, 0.717) is 18.1 Å². The van der Waals surface area contributed by atoms with Crippen molar-refractivity contribution >= 4 is 17.6 Å². The minimum atomic E-state index is -0.397. The summed E-state index contributed by atoms with van der Waals surface area (Å²) in [4.78, 5) is 20.7. The maximum Gasteiger partial charge on any atom is 0.307 e. The van der Waals surface area contributed by atoms with Crippen LogP contribution in [0.4, 0.5) is 10.1 Å². The van der Waals surface area contributed by atoms with Gasteiger partial charge >= 0.3 is 5.97 Å². The maximum absolute atomic E-state index is 14.5. The first kappa shape index (κ1) is 20.2. The molecule has 144 valence electrons. The van der Waals surface area contributed by atoms with Gasteiger partial charge in [-0.2, -0.15) is 0 Å². The van der Waals surface area contributed by atoms with E-state index < -0.39 is 5.82 Å². The predicted molar refractivity (Wildman–Crippen MR) is 98.9 cm³/mol. The van der Waals surface area contributed by atoms with Crippen molar-refractivity contribution in [3.8, 4) is 0 Å². The summed E-state index contributed by atoms with van der Waals surface area (Å²) in [5.74, 6) is -0.130. The average molecular weight is 365 g/mol. The maximum atomic E-state index is 14.5. The first-order chi connectivity index (χ1) is 12.3. The highest BCUT2D eigenvalue weighted by Crippen LogP contribution is 2.40. The van der Waals surface area contributed by atoms with E-state index in [9.17, 15) is 9.18 Å². The van der Waals surface area contributed by atoms with Crippen LogP contribution < -0.4 is 0 Å². The van der Waals surface area contributed by atoms with E-state index in [1.165, 1.54) is 13.2 Å². The summed E-state index contributed by atoms with van der Waals surface area (Å²) in [6.07, 6.45) is -0.00896. The second kappa shape index (κ2) is 8.49. The number of carbonyl (C=O) groups excluding carboxylic acids is 1. The molecule has 6 nitrogen and oxygen atoms in total. The molecule has 0 saturated heterocycles. The van der Waals surface area contributed by atoms with Crippen LogP contribution >= 0.6 is 0 Å². The summed E-state index contributed by atoms with van der Waals surface area (Å²) >= 11 is 0. The minimum absolute atomic E-state index is 0.0844. The molecule has 2 rings (SSSR count). The van der Waals surface area contributed by atoms with Crippen LogP contribution in [0.5, 0.6) is 0 Å². The minimum Gasteiger partial charge on any atom is -0.469 e. The summed E-state index contributed by atoms with van der Waals surface area (Å²) in [6, 6.07) is 4.37. The number of esters is 1. The molecular formula is C19H28FN3O3. The number of fused-ring (bicyclic) bond motifs is 1. The summed E-state index contributed by atoms with van der Waals surface area (Å²) in [5.41, 5.74) is 0.962. The Labute approximate surface area is 154 Å². The van der Waals surface area contributed by atoms with Gasteiger partial charge in [0.1, 0.15) is 11.5 Å². The van der Waals surface area contributed by atoms with E-state index in [1.807, 2.05) is 43.7 Å². The van der Waals surface area contributed by atoms with Gasteiger partial charge < -0.3 is 19.3 Å². The van der Waals surface area contributed by atoms with Crippen LogP contribution in [-0.2, 0) is 14.3 Å². The number of ether oxygens (including phenoxy) is 2. The summed E-state index contributed by atoms with van der Waals surface area (Å²) in [5, 5.41) is 0. The normalized spacial score (nSPS) is 18.7. The van der Waals surface area contributed by atoms with Crippen molar-refractivity contribution in [2.75, 3.05) is 27.8 Å². The smallest absolute Gasteiger partial charge is 0.307 e. The molecule has 0 radical (unpaired) electrons. The third-order valence-corrected chi connectivity index (χ3v) is 5.05. The monoisotopic (exact) mass is 365 g/mol. The molecule has 7 heteroatoms. The van der Waals surface area contributed by atoms with E-state index in [0.717, 1.165) is 0 Å². The van der Waals surface area contributed by atoms with E-state index in [-0.39, 0.29) is 36.3 Å². The Morgan fingerprint density at radius 3 is 2.65 bits per heavy atom. The number of para-hydroxylation sites is 1. The SMILES string of the molecule is CCN(C)C1=Nc2c(F)cccc2C(CC(=O)OC)N1C(C)C(C)OC. The van der Waals surface area contributed by atoms with Gasteiger partial charge in [0.05, 0.1) is 31.7 Å². The van der Waals surface area contributed by atoms with E-state index in [4.69, 9.17) is 9.47 Å². The summed E-state index contributed by atoms with van der Waals surface area (Å²) in [7, 11) is 4.90. The van der Waals surface area contributed by atoms with Gasteiger partial charge in [0.15, 0.2) is 0 Å². The van der Waals surface area contributed by atoms with Crippen LogP contribution in [0.2, 0.25) is 0 Å². The van der Waals surface area contributed by atoms with Crippen LogP contribution in [0.15, 0.2) is 23.2 Å². The zero-order valence-corrected chi connectivity index (χ0v) is 16.3. The Balaban J connectivity index is 2.63. The van der Waals surface area contributed by atoms with E-state index >= 15 is 0 Å². The third-order valence-electron chi connectivity index (χ3n) is 5.05. The fourth-order valence-corrected chi connectivity index (χ4v) is 3.13. The highest BCUT2D eigenvalue weighted by atomic mass is 19.1. The van der Waals surface area contributed by atoms with Crippen molar-refractivity contribution < 1.29 is 18.7 Å². The van der Waals surface area contributed by atoms with Crippen molar-refractivity contribution in [3.05, 3.63) is 29.6 Å². The zero-order valence-electron chi connectivity index (χ0n) is 16.3. The van der Waals surface area contributed by atoms with Crippen molar-refractivity contribution in [2.45, 2.75) is 45.4 Å². The number of hydrogen-bond donors (Lipinski definition) is 0. The van der Waals surface area contributed by atoms with Gasteiger partial charge in [-0.1, -0.05) is 12.1 Å². The van der Waals surface area contributed by atoms with E-state index in [1.54, 1.807) is 13.2 Å². The predicted octanol–water partition coefficient (Wildman–Crippen LogP) is 3.11. The number of rotatable bonds is 6. The van der Waals surface area contributed by atoms with Crippen molar-refractivity contribution in [1.82, 2.24) is 9.80 Å². The summed E-state index contributed by atoms with van der Waals surface area (Å²) in [6.45, 7) is 6.67. The lowest BCUT2D eigenvalue weighted by molar-refractivity contribution is -0.142. The molecule has 0 saturated carbocycles. The van der Waals surface area contributed by atoms with Crippen LogP contribution in [-0.4, -0.2) is 61.7 Å². The number of hydrogen-bond acceptors (Lipinski definition) is 6. The number of halogens is 1. The highest BCUT2D eigenvalue weighted by Gasteiger charge is 2.38.